The Labute approximate surface area is 183 Å². The lowest BCUT2D eigenvalue weighted by atomic mass is 9.78. The Hall–Kier alpha value is -2.67. The smallest absolute Gasteiger partial charge is 0.272 e. The van der Waals surface area contributed by atoms with E-state index in [0.717, 1.165) is 31.2 Å². The van der Waals surface area contributed by atoms with E-state index in [-0.39, 0.29) is 17.4 Å². The van der Waals surface area contributed by atoms with Crippen molar-refractivity contribution in [1.29, 1.82) is 0 Å². The number of ether oxygens (including phenoxy) is 1. The summed E-state index contributed by atoms with van der Waals surface area (Å²) < 4.78 is 7.97. The topological polar surface area (TPSA) is 76.5 Å². The molecular formula is C24H32N4O3. The van der Waals surface area contributed by atoms with Crippen LogP contribution >= 0.6 is 0 Å². The van der Waals surface area contributed by atoms with E-state index in [1.807, 2.05) is 42.2 Å². The number of aryl methyl sites for hydroxylation is 1. The maximum atomic E-state index is 12.9. The first-order valence-corrected chi connectivity index (χ1v) is 11.3. The number of amides is 2. The van der Waals surface area contributed by atoms with Crippen LogP contribution in [0.25, 0.3) is 0 Å². The third kappa shape index (κ3) is 5.15. The summed E-state index contributed by atoms with van der Waals surface area (Å²) in [7, 11) is 0. The van der Waals surface area contributed by atoms with Crippen LogP contribution in [-0.2, 0) is 22.6 Å². The Balaban J connectivity index is 1.27. The van der Waals surface area contributed by atoms with Crippen molar-refractivity contribution in [3.63, 3.8) is 0 Å². The van der Waals surface area contributed by atoms with Gasteiger partial charge in [0.1, 0.15) is 5.69 Å². The monoisotopic (exact) mass is 424 g/mol. The highest BCUT2D eigenvalue weighted by molar-refractivity contribution is 5.92. The molecule has 2 fully saturated rings. The van der Waals surface area contributed by atoms with Gasteiger partial charge < -0.3 is 15.0 Å². The van der Waals surface area contributed by atoms with Gasteiger partial charge in [-0.05, 0) is 50.2 Å². The van der Waals surface area contributed by atoms with Crippen LogP contribution in [0.1, 0.15) is 55.1 Å². The van der Waals surface area contributed by atoms with Crippen LogP contribution in [0.3, 0.4) is 0 Å². The maximum absolute atomic E-state index is 12.9. The van der Waals surface area contributed by atoms with Gasteiger partial charge in [0, 0.05) is 45.4 Å². The highest BCUT2D eigenvalue weighted by Gasteiger charge is 2.41. The van der Waals surface area contributed by atoms with Crippen molar-refractivity contribution in [3.05, 3.63) is 53.9 Å². The number of carbonyl (C=O) groups excluding carboxylic acids is 2. The molecule has 166 valence electrons. The average Bonchev–Trinajstić information content (AvgIpc) is 3.28. The molecule has 1 aromatic heterocycles. The summed E-state index contributed by atoms with van der Waals surface area (Å²) in [6, 6.07) is 11.8. The van der Waals surface area contributed by atoms with E-state index in [9.17, 15) is 9.59 Å². The van der Waals surface area contributed by atoms with E-state index in [4.69, 9.17) is 4.74 Å². The van der Waals surface area contributed by atoms with Crippen LogP contribution in [0.15, 0.2) is 42.6 Å². The zero-order valence-electron chi connectivity index (χ0n) is 18.3. The van der Waals surface area contributed by atoms with E-state index < -0.39 is 0 Å². The van der Waals surface area contributed by atoms with Gasteiger partial charge in [-0.3, -0.25) is 14.3 Å². The Morgan fingerprint density at radius 3 is 2.71 bits per heavy atom. The van der Waals surface area contributed by atoms with Gasteiger partial charge in [-0.2, -0.15) is 5.10 Å². The first-order valence-electron chi connectivity index (χ1n) is 11.3. The fourth-order valence-corrected chi connectivity index (χ4v) is 4.83. The van der Waals surface area contributed by atoms with Crippen molar-refractivity contribution in [2.24, 2.45) is 5.92 Å². The molecule has 7 nitrogen and oxygen atoms in total. The first-order chi connectivity index (χ1) is 15.1. The third-order valence-electron chi connectivity index (χ3n) is 6.60. The largest absolute Gasteiger partial charge is 0.375 e. The first kappa shape index (κ1) is 21.6. The van der Waals surface area contributed by atoms with Crippen molar-refractivity contribution in [2.75, 3.05) is 19.7 Å². The zero-order valence-corrected chi connectivity index (χ0v) is 18.3. The van der Waals surface area contributed by atoms with Crippen LogP contribution in [0.4, 0.5) is 0 Å². The minimum atomic E-state index is -0.204. The van der Waals surface area contributed by atoms with Crippen LogP contribution in [-0.4, -0.2) is 51.8 Å². The number of hydrogen-bond donors (Lipinski definition) is 1. The summed E-state index contributed by atoms with van der Waals surface area (Å²) in [5, 5.41) is 7.26. The summed E-state index contributed by atoms with van der Waals surface area (Å²) in [6.07, 6.45) is 5.66. The van der Waals surface area contributed by atoms with Gasteiger partial charge >= 0.3 is 0 Å². The predicted octanol–water partition coefficient (Wildman–Crippen LogP) is 3.01. The summed E-state index contributed by atoms with van der Waals surface area (Å²) in [4.78, 5) is 27.3. The number of nitrogens with zero attached hydrogens (tertiary/aromatic N) is 3. The standard InChI is InChI=1S/C24H32N4O3/c1-2-28-21(8-12-26-28)23(30)27-13-10-24(11-14-27)17-20(9-15-31-24)16-22(29)25-18-19-6-4-3-5-7-19/h3-8,12,20H,2,9-11,13-18H2,1H3,(H,25,29). The predicted molar refractivity (Wildman–Crippen MR) is 117 cm³/mol. The lowest BCUT2D eigenvalue weighted by molar-refractivity contribution is -0.134. The van der Waals surface area contributed by atoms with Gasteiger partial charge in [0.2, 0.25) is 5.91 Å². The fourth-order valence-electron chi connectivity index (χ4n) is 4.83. The van der Waals surface area contributed by atoms with Crippen LogP contribution < -0.4 is 5.32 Å². The Morgan fingerprint density at radius 2 is 1.97 bits per heavy atom. The van der Waals surface area contributed by atoms with E-state index >= 15 is 0 Å². The highest BCUT2D eigenvalue weighted by Crippen LogP contribution is 2.39. The fraction of sp³-hybridized carbons (Fsp3) is 0.542. The molecule has 2 aromatic rings. The molecule has 2 aliphatic rings. The molecule has 3 heterocycles. The van der Waals surface area contributed by atoms with Gasteiger partial charge in [-0.15, -0.1) is 0 Å². The quantitative estimate of drug-likeness (QED) is 0.773. The molecule has 4 rings (SSSR count). The summed E-state index contributed by atoms with van der Waals surface area (Å²) >= 11 is 0. The van der Waals surface area contributed by atoms with Crippen molar-refractivity contribution < 1.29 is 14.3 Å². The molecule has 0 bridgehead atoms. The number of carbonyl (C=O) groups is 2. The van der Waals surface area contributed by atoms with Crippen LogP contribution in [0.5, 0.6) is 0 Å². The number of likely N-dealkylation sites (tertiary alicyclic amines) is 1. The average molecular weight is 425 g/mol. The Bertz CT molecular complexity index is 887. The molecule has 0 aliphatic carbocycles. The molecule has 7 heteroatoms. The minimum Gasteiger partial charge on any atom is -0.375 e. The van der Waals surface area contributed by atoms with Crippen LogP contribution in [0, 0.1) is 5.92 Å². The van der Waals surface area contributed by atoms with E-state index in [1.54, 1.807) is 16.9 Å². The van der Waals surface area contributed by atoms with Crippen molar-refractivity contribution >= 4 is 11.8 Å². The normalized spacial score (nSPS) is 20.5. The molecular weight excluding hydrogens is 392 g/mol. The zero-order chi connectivity index (χ0) is 21.7. The molecule has 0 saturated carbocycles. The van der Waals surface area contributed by atoms with Gasteiger partial charge in [0.05, 0.1) is 5.60 Å². The van der Waals surface area contributed by atoms with Crippen molar-refractivity contribution in [2.45, 2.75) is 57.7 Å². The molecule has 1 atom stereocenters. The lowest BCUT2D eigenvalue weighted by Gasteiger charge is -2.46. The molecule has 1 unspecified atom stereocenters. The molecule has 31 heavy (non-hydrogen) atoms. The van der Waals surface area contributed by atoms with Crippen molar-refractivity contribution in [1.82, 2.24) is 20.0 Å². The molecule has 0 radical (unpaired) electrons. The van der Waals surface area contributed by atoms with E-state index in [0.29, 0.717) is 50.8 Å². The number of hydrogen-bond acceptors (Lipinski definition) is 4. The number of piperidine rings is 1. The minimum absolute atomic E-state index is 0.0434. The van der Waals surface area contributed by atoms with Crippen LogP contribution in [0.2, 0.25) is 0 Å². The third-order valence-corrected chi connectivity index (χ3v) is 6.60. The molecule has 2 amide bonds. The number of aromatic nitrogens is 2. The van der Waals surface area contributed by atoms with Gasteiger partial charge in [0.15, 0.2) is 0 Å². The number of benzene rings is 1. The van der Waals surface area contributed by atoms with E-state index in [2.05, 4.69) is 10.4 Å². The van der Waals surface area contributed by atoms with Gasteiger partial charge in [-0.1, -0.05) is 30.3 Å². The van der Waals surface area contributed by atoms with Gasteiger partial charge in [-0.25, -0.2) is 0 Å². The molecule has 1 aromatic carbocycles. The summed E-state index contributed by atoms with van der Waals surface area (Å²) in [5.74, 6) is 0.474. The maximum Gasteiger partial charge on any atom is 0.272 e. The molecule has 1 spiro atoms. The molecule has 2 saturated heterocycles. The van der Waals surface area contributed by atoms with E-state index in [1.165, 1.54) is 0 Å². The highest BCUT2D eigenvalue weighted by atomic mass is 16.5. The van der Waals surface area contributed by atoms with Gasteiger partial charge in [0.25, 0.3) is 5.91 Å². The molecule has 2 aliphatic heterocycles. The second-order valence-electron chi connectivity index (χ2n) is 8.68. The Morgan fingerprint density at radius 1 is 1.19 bits per heavy atom. The SMILES string of the molecule is CCn1nccc1C(=O)N1CCC2(CC1)CC(CC(=O)NCc1ccccc1)CCO2. The second kappa shape index (κ2) is 9.64. The lowest BCUT2D eigenvalue weighted by Crippen LogP contribution is -2.51. The Kier molecular flexibility index (Phi) is 6.70. The second-order valence-corrected chi connectivity index (χ2v) is 8.68. The summed E-state index contributed by atoms with van der Waals surface area (Å²) in [6.45, 7) is 5.29. The molecule has 1 N–H and O–H groups in total. The number of nitrogens with one attached hydrogen (secondary N) is 1. The number of rotatable bonds is 6. The summed E-state index contributed by atoms with van der Waals surface area (Å²) in [5.41, 5.74) is 1.56. The van der Waals surface area contributed by atoms with Crippen molar-refractivity contribution in [3.8, 4) is 0 Å².